The maximum atomic E-state index is 13.5. The van der Waals surface area contributed by atoms with Crippen molar-refractivity contribution in [1.82, 2.24) is 10.2 Å². The smallest absolute Gasteiger partial charge is 0.174 e. The molecule has 1 aliphatic rings. The van der Waals surface area contributed by atoms with Crippen molar-refractivity contribution in [1.29, 1.82) is 0 Å². The van der Waals surface area contributed by atoms with Crippen molar-refractivity contribution in [2.75, 3.05) is 12.4 Å². The second kappa shape index (κ2) is 9.31. The Kier molecular flexibility index (Phi) is 7.14. The minimum Gasteiger partial charge on any atom is -0.495 e. The van der Waals surface area contributed by atoms with Gasteiger partial charge in [-0.2, -0.15) is 0 Å². The first-order valence-electron chi connectivity index (χ1n) is 10.4. The Hall–Kier alpha value is -1.89. The first-order valence-corrected chi connectivity index (χ1v) is 11.2. The van der Waals surface area contributed by atoms with Gasteiger partial charge in [0.15, 0.2) is 5.11 Å². The highest BCUT2D eigenvalue weighted by molar-refractivity contribution is 7.80. The summed E-state index contributed by atoms with van der Waals surface area (Å²) in [6, 6.07) is 12.2. The van der Waals surface area contributed by atoms with Crippen LogP contribution in [0.25, 0.3) is 0 Å². The topological polar surface area (TPSA) is 36.5 Å². The zero-order chi connectivity index (χ0) is 22.8. The van der Waals surface area contributed by atoms with Crippen molar-refractivity contribution in [3.63, 3.8) is 0 Å². The van der Waals surface area contributed by atoms with Gasteiger partial charge in [0.05, 0.1) is 12.8 Å². The standard InChI is InChI=1S/C24H31ClFN3OS/c1-23(2)13-19(14-24(3,4)28-23)29(15-16-6-9-18(26)10-7-16)22(31)27-20-12-17(25)8-11-21(20)30-5/h6-12,19,28H,13-15H2,1-5H3,(H,27,31). The van der Waals surface area contributed by atoms with Crippen molar-refractivity contribution in [3.8, 4) is 5.75 Å². The van der Waals surface area contributed by atoms with Gasteiger partial charge < -0.3 is 20.3 Å². The van der Waals surface area contributed by atoms with Crippen LogP contribution in [-0.2, 0) is 6.54 Å². The Bertz CT molecular complexity index is 917. The number of hydrogen-bond acceptors (Lipinski definition) is 3. The lowest BCUT2D eigenvalue weighted by molar-refractivity contribution is 0.101. The molecule has 0 aromatic heterocycles. The van der Waals surface area contributed by atoms with Crippen molar-refractivity contribution in [3.05, 3.63) is 58.9 Å². The van der Waals surface area contributed by atoms with E-state index in [2.05, 4.69) is 43.2 Å². The summed E-state index contributed by atoms with van der Waals surface area (Å²) in [6.45, 7) is 9.44. The van der Waals surface area contributed by atoms with Crippen LogP contribution in [0, 0.1) is 5.82 Å². The number of nitrogens with zero attached hydrogens (tertiary/aromatic N) is 1. The van der Waals surface area contributed by atoms with Gasteiger partial charge >= 0.3 is 0 Å². The highest BCUT2D eigenvalue weighted by atomic mass is 35.5. The molecule has 2 aromatic carbocycles. The Morgan fingerprint density at radius 3 is 2.35 bits per heavy atom. The van der Waals surface area contributed by atoms with E-state index in [-0.39, 0.29) is 22.9 Å². The quantitative estimate of drug-likeness (QED) is 0.532. The Labute approximate surface area is 195 Å². The maximum Gasteiger partial charge on any atom is 0.174 e. The van der Waals surface area contributed by atoms with Crippen LogP contribution in [0.3, 0.4) is 0 Å². The summed E-state index contributed by atoms with van der Waals surface area (Å²) >= 11 is 12.1. The second-order valence-corrected chi connectivity index (χ2v) is 10.3. The molecule has 0 spiro atoms. The van der Waals surface area contributed by atoms with Crippen LogP contribution in [0.4, 0.5) is 10.1 Å². The van der Waals surface area contributed by atoms with Crippen LogP contribution in [0.2, 0.25) is 5.02 Å². The van der Waals surface area contributed by atoms with E-state index in [1.807, 2.05) is 18.2 Å². The minimum absolute atomic E-state index is 0.0448. The molecule has 4 nitrogen and oxygen atoms in total. The highest BCUT2D eigenvalue weighted by Crippen LogP contribution is 2.34. The molecule has 3 rings (SSSR count). The third kappa shape index (κ3) is 6.31. The second-order valence-electron chi connectivity index (χ2n) is 9.48. The monoisotopic (exact) mass is 463 g/mol. The van der Waals surface area contributed by atoms with Crippen molar-refractivity contribution >= 4 is 34.6 Å². The molecule has 31 heavy (non-hydrogen) atoms. The molecule has 7 heteroatoms. The third-order valence-corrected chi connectivity index (χ3v) is 6.11. The van der Waals surface area contributed by atoms with E-state index in [0.29, 0.717) is 22.4 Å². The number of methoxy groups -OCH3 is 1. The van der Waals surface area contributed by atoms with Gasteiger partial charge in [0.1, 0.15) is 11.6 Å². The van der Waals surface area contributed by atoms with Crippen LogP contribution in [0.5, 0.6) is 5.75 Å². The minimum atomic E-state index is -0.246. The summed E-state index contributed by atoms with van der Waals surface area (Å²) in [5.74, 6) is 0.420. The van der Waals surface area contributed by atoms with Gasteiger partial charge in [0.2, 0.25) is 0 Å². The number of rotatable bonds is 5. The normalized spacial score (nSPS) is 17.8. The Morgan fingerprint density at radius 2 is 1.77 bits per heavy atom. The fourth-order valence-electron chi connectivity index (χ4n) is 4.61. The van der Waals surface area contributed by atoms with Gasteiger partial charge in [-0.1, -0.05) is 23.7 Å². The van der Waals surface area contributed by atoms with Gasteiger partial charge in [0, 0.05) is 28.7 Å². The fourth-order valence-corrected chi connectivity index (χ4v) is 5.10. The van der Waals surface area contributed by atoms with E-state index in [1.54, 1.807) is 19.2 Å². The molecule has 0 atom stereocenters. The van der Waals surface area contributed by atoms with E-state index < -0.39 is 0 Å². The van der Waals surface area contributed by atoms with E-state index in [9.17, 15) is 4.39 Å². The highest BCUT2D eigenvalue weighted by Gasteiger charge is 2.40. The molecule has 0 aliphatic carbocycles. The number of thiocarbonyl (C=S) groups is 1. The zero-order valence-electron chi connectivity index (χ0n) is 18.8. The lowest BCUT2D eigenvalue weighted by atomic mass is 9.79. The molecule has 1 saturated heterocycles. The van der Waals surface area contributed by atoms with Crippen molar-refractivity contribution in [2.24, 2.45) is 0 Å². The third-order valence-electron chi connectivity index (χ3n) is 5.54. The number of ether oxygens (including phenoxy) is 1. The van der Waals surface area contributed by atoms with E-state index >= 15 is 0 Å². The predicted octanol–water partition coefficient (Wildman–Crippen LogP) is 6.00. The summed E-state index contributed by atoms with van der Waals surface area (Å²) < 4.78 is 18.9. The zero-order valence-corrected chi connectivity index (χ0v) is 20.3. The van der Waals surface area contributed by atoms with Crippen LogP contribution in [0.1, 0.15) is 46.1 Å². The van der Waals surface area contributed by atoms with Crippen molar-refractivity contribution in [2.45, 2.75) is 64.2 Å². The number of anilines is 1. The average Bonchev–Trinajstić information content (AvgIpc) is 2.65. The molecule has 0 radical (unpaired) electrons. The van der Waals surface area contributed by atoms with Crippen LogP contribution < -0.4 is 15.4 Å². The summed E-state index contributed by atoms with van der Waals surface area (Å²) in [5, 5.41) is 8.25. The summed E-state index contributed by atoms with van der Waals surface area (Å²) in [6.07, 6.45) is 1.85. The molecule has 0 bridgehead atoms. The molecule has 1 aliphatic heterocycles. The van der Waals surface area contributed by atoms with Gasteiger partial charge in [-0.3, -0.25) is 0 Å². The molecule has 0 unspecified atom stereocenters. The Balaban J connectivity index is 1.92. The molecule has 2 aromatic rings. The van der Waals surface area contributed by atoms with Crippen molar-refractivity contribution < 1.29 is 9.13 Å². The Morgan fingerprint density at radius 1 is 1.16 bits per heavy atom. The predicted molar refractivity (Wildman–Crippen MR) is 130 cm³/mol. The summed E-state index contributed by atoms with van der Waals surface area (Å²) in [7, 11) is 1.62. The lowest BCUT2D eigenvalue weighted by Gasteiger charge is -2.50. The molecular weight excluding hydrogens is 433 g/mol. The molecule has 2 N–H and O–H groups in total. The van der Waals surface area contributed by atoms with Crippen LogP contribution in [0.15, 0.2) is 42.5 Å². The molecule has 1 heterocycles. The largest absolute Gasteiger partial charge is 0.495 e. The van der Waals surface area contributed by atoms with Gasteiger partial charge in [-0.25, -0.2) is 4.39 Å². The van der Waals surface area contributed by atoms with Gasteiger partial charge in [-0.15, -0.1) is 0 Å². The van der Waals surface area contributed by atoms with Crippen LogP contribution in [-0.4, -0.2) is 34.2 Å². The van der Waals surface area contributed by atoms with E-state index in [0.717, 1.165) is 24.1 Å². The molecular formula is C24H31ClFN3OS. The van der Waals surface area contributed by atoms with Gasteiger partial charge in [-0.05, 0) is 88.6 Å². The lowest BCUT2D eigenvalue weighted by Crippen LogP contribution is -2.63. The maximum absolute atomic E-state index is 13.5. The molecule has 168 valence electrons. The number of halogens is 2. The fraction of sp³-hybridized carbons (Fsp3) is 0.458. The SMILES string of the molecule is COc1ccc(Cl)cc1NC(=S)N(Cc1ccc(F)cc1)C1CC(C)(C)NC(C)(C)C1. The summed E-state index contributed by atoms with van der Waals surface area (Å²) in [5.41, 5.74) is 1.63. The molecule has 0 amide bonds. The summed E-state index contributed by atoms with van der Waals surface area (Å²) in [4.78, 5) is 2.20. The van der Waals surface area contributed by atoms with E-state index in [4.69, 9.17) is 28.6 Å². The average molecular weight is 464 g/mol. The number of hydrogen-bond donors (Lipinski definition) is 2. The molecule has 1 fully saturated rings. The number of piperidine rings is 1. The first-order chi connectivity index (χ1) is 14.5. The molecule has 0 saturated carbocycles. The van der Waals surface area contributed by atoms with E-state index in [1.165, 1.54) is 12.1 Å². The van der Waals surface area contributed by atoms with Crippen LogP contribution >= 0.6 is 23.8 Å². The van der Waals surface area contributed by atoms with Gasteiger partial charge in [0.25, 0.3) is 0 Å². The first kappa shape index (κ1) is 23.8. The number of nitrogens with one attached hydrogen (secondary N) is 2. The number of benzene rings is 2.